The van der Waals surface area contributed by atoms with Crippen molar-refractivity contribution in [1.29, 1.82) is 0 Å². The number of amides is 2. The summed E-state index contributed by atoms with van der Waals surface area (Å²) < 4.78 is 0. The average Bonchev–Trinajstić information content (AvgIpc) is 2.66. The first kappa shape index (κ1) is 26.3. The van der Waals surface area contributed by atoms with Crippen LogP contribution in [0.25, 0.3) is 0 Å². The van der Waals surface area contributed by atoms with Gasteiger partial charge in [-0.3, -0.25) is 19.4 Å². The molecule has 6 nitrogen and oxygen atoms in total. The van der Waals surface area contributed by atoms with Crippen LogP contribution >= 0.6 is 0 Å². The molecule has 0 bridgehead atoms. The van der Waals surface area contributed by atoms with Crippen molar-refractivity contribution in [2.75, 3.05) is 13.1 Å². The van der Waals surface area contributed by atoms with Gasteiger partial charge in [0, 0.05) is 37.3 Å². The number of rotatable bonds is 11. The Hall–Kier alpha value is -1.92. The molecule has 0 radical (unpaired) electrons. The third-order valence-corrected chi connectivity index (χ3v) is 6.77. The van der Waals surface area contributed by atoms with Crippen LogP contribution in [0.1, 0.15) is 61.3 Å². The molecule has 5 unspecified atom stereocenters. The molecule has 0 aromatic carbocycles. The normalized spacial score (nSPS) is 27.0. The molecule has 6 heteroatoms. The highest BCUT2D eigenvalue weighted by Gasteiger charge is 2.42. The third kappa shape index (κ3) is 6.79. The standard InChI is InChI=1S/C26H44N4O2/c1-9-24(31)27-21-15-30(23(21)14-13-17(2)3)20(8)11-10-12-25(32)28-22-16-29(19(6)7)26(22)18(4)5/h9-10,12-13,18-23,26H,1,11,14-16H2,2-8H3,(H,27,31)(H,28,32)/b12-10+. The van der Waals surface area contributed by atoms with Gasteiger partial charge in [0.2, 0.25) is 11.8 Å². The van der Waals surface area contributed by atoms with Crippen LogP contribution in [0, 0.1) is 5.92 Å². The van der Waals surface area contributed by atoms with Crippen LogP contribution in [-0.4, -0.2) is 71.0 Å². The Bertz CT molecular complexity index is 723. The van der Waals surface area contributed by atoms with Gasteiger partial charge in [-0.1, -0.05) is 38.2 Å². The smallest absolute Gasteiger partial charge is 0.243 e. The largest absolute Gasteiger partial charge is 0.347 e. The highest BCUT2D eigenvalue weighted by molar-refractivity contribution is 5.88. The molecular formula is C26H44N4O2. The minimum absolute atomic E-state index is 0.00270. The Morgan fingerprint density at radius 1 is 1.00 bits per heavy atom. The minimum Gasteiger partial charge on any atom is -0.347 e. The van der Waals surface area contributed by atoms with E-state index < -0.39 is 0 Å². The summed E-state index contributed by atoms with van der Waals surface area (Å²) in [6, 6.07) is 1.85. The fourth-order valence-corrected chi connectivity index (χ4v) is 4.95. The van der Waals surface area contributed by atoms with Crippen molar-refractivity contribution >= 4 is 11.8 Å². The Labute approximate surface area is 195 Å². The Morgan fingerprint density at radius 3 is 2.19 bits per heavy atom. The summed E-state index contributed by atoms with van der Waals surface area (Å²) in [5, 5.41) is 6.24. The number of nitrogens with zero attached hydrogens (tertiary/aromatic N) is 2. The van der Waals surface area contributed by atoms with E-state index in [-0.39, 0.29) is 29.9 Å². The van der Waals surface area contributed by atoms with E-state index in [4.69, 9.17) is 0 Å². The lowest BCUT2D eigenvalue weighted by molar-refractivity contribution is -0.121. The van der Waals surface area contributed by atoms with E-state index in [1.807, 2.05) is 6.08 Å². The van der Waals surface area contributed by atoms with Crippen LogP contribution < -0.4 is 10.6 Å². The second kappa shape index (κ2) is 11.8. The van der Waals surface area contributed by atoms with Gasteiger partial charge in [-0.05, 0) is 65.5 Å². The second-order valence-electron chi connectivity index (χ2n) is 10.2. The zero-order valence-corrected chi connectivity index (χ0v) is 21.1. The molecule has 2 amide bonds. The van der Waals surface area contributed by atoms with Crippen molar-refractivity contribution in [2.24, 2.45) is 5.92 Å². The first-order valence-electron chi connectivity index (χ1n) is 12.1. The minimum atomic E-state index is -0.118. The molecule has 2 heterocycles. The molecular weight excluding hydrogens is 400 g/mol. The van der Waals surface area contributed by atoms with Gasteiger partial charge in [0.25, 0.3) is 0 Å². The molecule has 0 spiro atoms. The summed E-state index contributed by atoms with van der Waals surface area (Å²) in [7, 11) is 0. The molecule has 2 N–H and O–H groups in total. The van der Waals surface area contributed by atoms with E-state index in [1.165, 1.54) is 11.6 Å². The SMILES string of the molecule is C=CC(=O)NC1CN(C(C)C/C=C/C(=O)NC2CN(C(C)C)C2C(C)C)C1CC=C(C)C. The van der Waals surface area contributed by atoms with Crippen LogP contribution in [0.2, 0.25) is 0 Å². The first-order valence-corrected chi connectivity index (χ1v) is 12.1. The van der Waals surface area contributed by atoms with Gasteiger partial charge in [0.1, 0.15) is 0 Å². The van der Waals surface area contributed by atoms with Gasteiger partial charge < -0.3 is 10.6 Å². The second-order valence-corrected chi connectivity index (χ2v) is 10.2. The summed E-state index contributed by atoms with van der Waals surface area (Å²) in [6.07, 6.45) is 8.94. The lowest BCUT2D eigenvalue weighted by Crippen LogP contribution is -2.69. The Morgan fingerprint density at radius 2 is 1.62 bits per heavy atom. The molecule has 0 aliphatic carbocycles. The average molecular weight is 445 g/mol. The summed E-state index contributed by atoms with van der Waals surface area (Å²) in [5.74, 6) is 0.393. The van der Waals surface area contributed by atoms with E-state index in [9.17, 15) is 9.59 Å². The molecule has 5 atom stereocenters. The molecule has 0 aromatic heterocycles. The van der Waals surface area contributed by atoms with E-state index in [0.717, 1.165) is 25.9 Å². The number of likely N-dealkylation sites (tertiary alicyclic amines) is 2. The highest BCUT2D eigenvalue weighted by Crippen LogP contribution is 2.28. The van der Waals surface area contributed by atoms with E-state index in [0.29, 0.717) is 24.0 Å². The fourth-order valence-electron chi connectivity index (χ4n) is 4.95. The zero-order chi connectivity index (χ0) is 24.0. The molecule has 0 saturated carbocycles. The Kier molecular flexibility index (Phi) is 9.71. The van der Waals surface area contributed by atoms with Crippen molar-refractivity contribution < 1.29 is 9.59 Å². The first-order chi connectivity index (χ1) is 15.0. The van der Waals surface area contributed by atoms with E-state index >= 15 is 0 Å². The number of hydrogen-bond donors (Lipinski definition) is 2. The maximum absolute atomic E-state index is 12.5. The summed E-state index contributed by atoms with van der Waals surface area (Å²) in [6.45, 7) is 20.5. The van der Waals surface area contributed by atoms with Crippen LogP contribution in [0.15, 0.2) is 36.5 Å². The number of nitrogens with one attached hydrogen (secondary N) is 2. The summed E-state index contributed by atoms with van der Waals surface area (Å²) in [4.78, 5) is 29.1. The molecule has 2 rings (SSSR count). The van der Waals surface area contributed by atoms with Gasteiger partial charge in [-0.25, -0.2) is 0 Å². The predicted octanol–water partition coefficient (Wildman–Crippen LogP) is 3.27. The topological polar surface area (TPSA) is 64.7 Å². The van der Waals surface area contributed by atoms with Gasteiger partial charge in [-0.2, -0.15) is 0 Å². The van der Waals surface area contributed by atoms with Crippen molar-refractivity contribution in [3.8, 4) is 0 Å². The molecule has 2 saturated heterocycles. The van der Waals surface area contributed by atoms with Crippen LogP contribution in [0.4, 0.5) is 0 Å². The van der Waals surface area contributed by atoms with Gasteiger partial charge in [-0.15, -0.1) is 0 Å². The predicted molar refractivity (Wildman–Crippen MR) is 132 cm³/mol. The number of carbonyl (C=O) groups is 2. The molecule has 32 heavy (non-hydrogen) atoms. The lowest BCUT2D eigenvalue weighted by Gasteiger charge is -2.52. The molecule has 0 aromatic rings. The number of hydrogen-bond acceptors (Lipinski definition) is 4. The zero-order valence-electron chi connectivity index (χ0n) is 21.1. The molecule has 2 aliphatic rings. The van der Waals surface area contributed by atoms with Crippen LogP contribution in [0.5, 0.6) is 0 Å². The quantitative estimate of drug-likeness (QED) is 0.379. The van der Waals surface area contributed by atoms with Crippen molar-refractivity contribution in [1.82, 2.24) is 20.4 Å². The highest BCUT2D eigenvalue weighted by atomic mass is 16.2. The lowest BCUT2D eigenvalue weighted by atomic mass is 9.85. The van der Waals surface area contributed by atoms with Gasteiger partial charge in [0.05, 0.1) is 12.1 Å². The van der Waals surface area contributed by atoms with Gasteiger partial charge >= 0.3 is 0 Å². The summed E-state index contributed by atoms with van der Waals surface area (Å²) >= 11 is 0. The Balaban J connectivity index is 1.85. The maximum Gasteiger partial charge on any atom is 0.243 e. The van der Waals surface area contributed by atoms with E-state index in [1.54, 1.807) is 6.08 Å². The van der Waals surface area contributed by atoms with Crippen molar-refractivity contribution in [3.63, 3.8) is 0 Å². The summed E-state index contributed by atoms with van der Waals surface area (Å²) in [5.41, 5.74) is 1.28. The van der Waals surface area contributed by atoms with Crippen molar-refractivity contribution in [3.05, 3.63) is 36.5 Å². The third-order valence-electron chi connectivity index (χ3n) is 6.77. The number of carbonyl (C=O) groups excluding carboxylic acids is 2. The molecule has 180 valence electrons. The van der Waals surface area contributed by atoms with E-state index in [2.05, 4.69) is 81.6 Å². The monoisotopic (exact) mass is 444 g/mol. The van der Waals surface area contributed by atoms with Crippen molar-refractivity contribution in [2.45, 2.75) is 97.6 Å². The number of allylic oxidation sites excluding steroid dienone is 1. The van der Waals surface area contributed by atoms with Crippen LogP contribution in [-0.2, 0) is 9.59 Å². The van der Waals surface area contributed by atoms with Gasteiger partial charge in [0.15, 0.2) is 0 Å². The fraction of sp³-hybridized carbons (Fsp3) is 0.692. The molecule has 2 aliphatic heterocycles. The van der Waals surface area contributed by atoms with Crippen LogP contribution in [0.3, 0.4) is 0 Å². The molecule has 2 fully saturated rings. The maximum atomic E-state index is 12.5.